The van der Waals surface area contributed by atoms with Gasteiger partial charge in [-0.1, -0.05) is 0 Å². The van der Waals surface area contributed by atoms with E-state index in [2.05, 4.69) is 5.32 Å². The third-order valence-electron chi connectivity index (χ3n) is 2.76. The number of amides is 1. The van der Waals surface area contributed by atoms with Crippen LogP contribution in [0.4, 0.5) is 11.4 Å². The lowest BCUT2D eigenvalue weighted by molar-refractivity contribution is -0.384. The summed E-state index contributed by atoms with van der Waals surface area (Å²) in [7, 11) is 0. The molecule has 1 amide bonds. The number of nitrogens with two attached hydrogens (primary N) is 1. The first-order valence-electron chi connectivity index (χ1n) is 5.35. The number of nitrogens with one attached hydrogen (secondary N) is 1. The van der Waals surface area contributed by atoms with Crippen molar-refractivity contribution in [2.75, 3.05) is 18.5 Å². The van der Waals surface area contributed by atoms with Crippen molar-refractivity contribution in [3.8, 4) is 0 Å². The zero-order valence-corrected chi connectivity index (χ0v) is 9.80. The highest BCUT2D eigenvalue weighted by atomic mass is 16.6. The predicted molar refractivity (Wildman–Crippen MR) is 64.5 cm³/mol. The van der Waals surface area contributed by atoms with Gasteiger partial charge in [0, 0.05) is 11.6 Å². The smallest absolute Gasteiger partial charge is 0.292 e. The van der Waals surface area contributed by atoms with Gasteiger partial charge in [0.2, 0.25) is 5.91 Å². The second-order valence-corrected chi connectivity index (χ2v) is 4.53. The molecule has 96 valence electrons. The highest BCUT2D eigenvalue weighted by Gasteiger charge is 2.35. The molecule has 0 aliphatic carbocycles. The van der Waals surface area contributed by atoms with Crippen molar-refractivity contribution in [1.29, 1.82) is 0 Å². The summed E-state index contributed by atoms with van der Waals surface area (Å²) in [5.41, 5.74) is 5.23. The summed E-state index contributed by atoms with van der Waals surface area (Å²) in [6.07, 6.45) is 0. The van der Waals surface area contributed by atoms with Crippen molar-refractivity contribution in [2.24, 2.45) is 5.73 Å². The van der Waals surface area contributed by atoms with Crippen LogP contribution in [0.2, 0.25) is 0 Å². The Morgan fingerprint density at radius 3 is 2.67 bits per heavy atom. The minimum absolute atomic E-state index is 0.0897. The minimum atomic E-state index is -0.622. The van der Waals surface area contributed by atoms with Crippen LogP contribution in [0.15, 0.2) is 18.2 Å². The van der Waals surface area contributed by atoms with Gasteiger partial charge in [0.05, 0.1) is 23.7 Å². The molecule has 1 aromatic rings. The van der Waals surface area contributed by atoms with Crippen LogP contribution < -0.4 is 11.1 Å². The number of primary amides is 1. The molecule has 1 fully saturated rings. The average Bonchev–Trinajstić information content (AvgIpc) is 2.26. The second kappa shape index (κ2) is 4.26. The van der Waals surface area contributed by atoms with E-state index < -0.39 is 10.8 Å². The van der Waals surface area contributed by atoms with Crippen LogP contribution in [0, 0.1) is 10.1 Å². The van der Waals surface area contributed by atoms with E-state index in [-0.39, 0.29) is 22.5 Å². The second-order valence-electron chi connectivity index (χ2n) is 4.53. The van der Waals surface area contributed by atoms with Crippen LogP contribution in [0.1, 0.15) is 17.3 Å². The third-order valence-corrected chi connectivity index (χ3v) is 2.76. The van der Waals surface area contributed by atoms with E-state index in [1.807, 2.05) is 6.92 Å². The summed E-state index contributed by atoms with van der Waals surface area (Å²) in [5.74, 6) is -0.622. The van der Waals surface area contributed by atoms with E-state index >= 15 is 0 Å². The Hall–Kier alpha value is -2.15. The van der Waals surface area contributed by atoms with Crippen LogP contribution in [0.5, 0.6) is 0 Å². The molecular weight excluding hydrogens is 238 g/mol. The average molecular weight is 251 g/mol. The number of benzene rings is 1. The molecule has 0 radical (unpaired) electrons. The fourth-order valence-electron chi connectivity index (χ4n) is 1.75. The maximum atomic E-state index is 11.1. The van der Waals surface area contributed by atoms with E-state index in [4.69, 9.17) is 10.5 Å². The number of hydrogen-bond acceptors (Lipinski definition) is 5. The van der Waals surface area contributed by atoms with Gasteiger partial charge in [-0.2, -0.15) is 0 Å². The molecule has 18 heavy (non-hydrogen) atoms. The van der Waals surface area contributed by atoms with Crippen molar-refractivity contribution in [3.05, 3.63) is 33.9 Å². The summed E-state index contributed by atoms with van der Waals surface area (Å²) < 4.78 is 5.06. The molecule has 1 aliphatic heterocycles. The van der Waals surface area contributed by atoms with E-state index in [0.29, 0.717) is 13.2 Å². The molecule has 1 aliphatic rings. The van der Waals surface area contributed by atoms with Gasteiger partial charge in [0.25, 0.3) is 5.69 Å². The van der Waals surface area contributed by atoms with Gasteiger partial charge >= 0.3 is 0 Å². The normalized spacial score (nSPS) is 16.7. The fraction of sp³-hybridized carbons (Fsp3) is 0.364. The Morgan fingerprint density at radius 2 is 2.22 bits per heavy atom. The molecule has 7 nitrogen and oxygen atoms in total. The molecule has 1 heterocycles. The van der Waals surface area contributed by atoms with Gasteiger partial charge in [-0.05, 0) is 19.1 Å². The minimum Gasteiger partial charge on any atom is -0.376 e. The third kappa shape index (κ3) is 2.25. The van der Waals surface area contributed by atoms with Crippen LogP contribution >= 0.6 is 0 Å². The topological polar surface area (TPSA) is 107 Å². The number of ether oxygens (including phenoxy) is 1. The van der Waals surface area contributed by atoms with Crippen molar-refractivity contribution in [3.63, 3.8) is 0 Å². The standard InChI is InChI=1S/C11H13N3O4/c1-11(5-18-6-11)13-8-4-7(10(12)15)2-3-9(8)14(16)17/h2-4,13H,5-6H2,1H3,(H2,12,15). The Kier molecular flexibility index (Phi) is 2.92. The van der Waals surface area contributed by atoms with Crippen molar-refractivity contribution in [2.45, 2.75) is 12.5 Å². The molecule has 0 atom stereocenters. The van der Waals surface area contributed by atoms with Crippen molar-refractivity contribution >= 4 is 17.3 Å². The van der Waals surface area contributed by atoms with Crippen LogP contribution in [-0.4, -0.2) is 29.6 Å². The van der Waals surface area contributed by atoms with Crippen molar-refractivity contribution in [1.82, 2.24) is 0 Å². The van der Waals surface area contributed by atoms with E-state index in [1.54, 1.807) is 0 Å². The predicted octanol–water partition coefficient (Wildman–Crippen LogP) is 0.894. The maximum absolute atomic E-state index is 11.1. The Bertz CT molecular complexity index is 511. The molecule has 0 unspecified atom stereocenters. The maximum Gasteiger partial charge on any atom is 0.292 e. The lowest BCUT2D eigenvalue weighted by Gasteiger charge is -2.39. The summed E-state index contributed by atoms with van der Waals surface area (Å²) in [6, 6.07) is 4.00. The highest BCUT2D eigenvalue weighted by molar-refractivity contribution is 5.94. The molecule has 1 aromatic carbocycles. The first kappa shape index (κ1) is 12.3. The number of anilines is 1. The number of nitro benzene ring substituents is 1. The van der Waals surface area contributed by atoms with Gasteiger partial charge in [0.1, 0.15) is 5.69 Å². The summed E-state index contributed by atoms with van der Waals surface area (Å²) in [6.45, 7) is 2.81. The lowest BCUT2D eigenvalue weighted by Crippen LogP contribution is -2.53. The highest BCUT2D eigenvalue weighted by Crippen LogP contribution is 2.30. The van der Waals surface area contributed by atoms with E-state index in [1.165, 1.54) is 18.2 Å². The van der Waals surface area contributed by atoms with Gasteiger partial charge in [0.15, 0.2) is 0 Å². The molecule has 0 aromatic heterocycles. The van der Waals surface area contributed by atoms with Crippen LogP contribution in [0.3, 0.4) is 0 Å². The van der Waals surface area contributed by atoms with Crippen LogP contribution in [0.25, 0.3) is 0 Å². The summed E-state index contributed by atoms with van der Waals surface area (Å²) in [5, 5.41) is 13.9. The van der Waals surface area contributed by atoms with E-state index in [0.717, 1.165) is 0 Å². The fourth-order valence-corrected chi connectivity index (χ4v) is 1.75. The van der Waals surface area contributed by atoms with E-state index in [9.17, 15) is 14.9 Å². The molecule has 1 saturated heterocycles. The molecule has 0 spiro atoms. The van der Waals surface area contributed by atoms with Gasteiger partial charge in [-0.3, -0.25) is 14.9 Å². The number of carbonyl (C=O) groups is 1. The van der Waals surface area contributed by atoms with Gasteiger partial charge in [-0.25, -0.2) is 0 Å². The van der Waals surface area contributed by atoms with Crippen molar-refractivity contribution < 1.29 is 14.5 Å². The van der Waals surface area contributed by atoms with Gasteiger partial charge in [-0.15, -0.1) is 0 Å². The zero-order valence-electron chi connectivity index (χ0n) is 9.80. The molecule has 3 N–H and O–H groups in total. The van der Waals surface area contributed by atoms with Crippen LogP contribution in [-0.2, 0) is 4.74 Å². The Labute approximate surface area is 103 Å². The molecule has 7 heteroatoms. The monoisotopic (exact) mass is 251 g/mol. The number of rotatable bonds is 4. The summed E-state index contributed by atoms with van der Waals surface area (Å²) >= 11 is 0. The molecule has 0 saturated carbocycles. The SMILES string of the molecule is CC1(Nc2cc(C(N)=O)ccc2[N+](=O)[O-])COC1. The number of carbonyl (C=O) groups excluding carboxylic acids is 1. The van der Waals surface area contributed by atoms with Gasteiger partial charge < -0.3 is 15.8 Å². The quantitative estimate of drug-likeness (QED) is 0.610. The molecule has 2 rings (SSSR count). The first-order valence-corrected chi connectivity index (χ1v) is 5.35. The zero-order chi connectivity index (χ0) is 13.3. The number of nitro groups is 1. The first-order chi connectivity index (χ1) is 8.41. The largest absolute Gasteiger partial charge is 0.376 e. The lowest BCUT2D eigenvalue weighted by atomic mass is 9.99. The Balaban J connectivity index is 2.37. The number of nitrogens with zero attached hydrogens (tertiary/aromatic N) is 1. The molecular formula is C11H13N3O4. The summed E-state index contributed by atoms with van der Waals surface area (Å²) in [4.78, 5) is 21.5. The number of hydrogen-bond donors (Lipinski definition) is 2. The Morgan fingerprint density at radius 1 is 1.56 bits per heavy atom. The molecule has 0 bridgehead atoms.